The van der Waals surface area contributed by atoms with Gasteiger partial charge in [0.05, 0.1) is 5.92 Å². The maximum atomic E-state index is 12.0. The molecule has 0 saturated heterocycles. The van der Waals surface area contributed by atoms with Crippen molar-refractivity contribution in [1.29, 1.82) is 0 Å². The summed E-state index contributed by atoms with van der Waals surface area (Å²) in [6, 6.07) is -0.816. The minimum absolute atomic E-state index is 0.0949. The number of carbonyl (C=O) groups is 3. The lowest BCUT2D eigenvalue weighted by Gasteiger charge is -2.30. The molecule has 0 aromatic heterocycles. The Morgan fingerprint density at radius 1 is 1.14 bits per heavy atom. The van der Waals surface area contributed by atoms with Crippen molar-refractivity contribution in [2.75, 3.05) is 0 Å². The Labute approximate surface area is 130 Å². The zero-order valence-corrected chi connectivity index (χ0v) is 13.1. The highest BCUT2D eigenvalue weighted by atomic mass is 16.7. The first-order valence-electron chi connectivity index (χ1n) is 7.77. The van der Waals surface area contributed by atoms with E-state index < -0.39 is 30.2 Å². The molecule has 0 heterocycles. The molecule has 0 amide bonds. The lowest BCUT2D eigenvalue weighted by atomic mass is 9.79. The Hall–Kier alpha value is -1.63. The minimum Gasteiger partial charge on any atom is -0.481 e. The van der Waals surface area contributed by atoms with Crippen LogP contribution in [0.2, 0.25) is 0 Å². The van der Waals surface area contributed by atoms with Gasteiger partial charge < -0.3 is 20.3 Å². The second kappa shape index (κ2) is 8.73. The third kappa shape index (κ3) is 5.29. The molecule has 1 aliphatic carbocycles. The van der Waals surface area contributed by atoms with E-state index in [1.54, 1.807) is 13.8 Å². The average Bonchev–Trinajstić information content (AvgIpc) is 2.53. The molecule has 0 aromatic carbocycles. The van der Waals surface area contributed by atoms with E-state index in [9.17, 15) is 14.4 Å². The molecule has 126 valence electrons. The maximum absolute atomic E-state index is 12.0. The summed E-state index contributed by atoms with van der Waals surface area (Å²) in [5.41, 5.74) is 5.92. The Bertz CT molecular complexity index is 403. The summed E-state index contributed by atoms with van der Waals surface area (Å²) < 4.78 is 10.1. The van der Waals surface area contributed by atoms with Gasteiger partial charge in [-0.1, -0.05) is 13.8 Å². The first-order valence-corrected chi connectivity index (χ1v) is 7.77. The first-order chi connectivity index (χ1) is 10.4. The molecule has 1 aliphatic rings. The lowest BCUT2D eigenvalue weighted by Crippen LogP contribution is -2.43. The number of hydrogen-bond acceptors (Lipinski definition) is 6. The van der Waals surface area contributed by atoms with Crippen LogP contribution < -0.4 is 5.73 Å². The standard InChI is InChI=1S/C15H25NO6/c1-3-11(17)21-12(4-2)22-15(20)13(16)9-5-7-10(8-6-9)14(18)19/h9-10,12-13H,3-8,16H2,1-2H3,(H,18,19)/t9-,10-,12?,13?. The fourth-order valence-electron chi connectivity index (χ4n) is 2.55. The quantitative estimate of drug-likeness (QED) is 0.539. The smallest absolute Gasteiger partial charge is 0.326 e. The van der Waals surface area contributed by atoms with Gasteiger partial charge in [-0.3, -0.25) is 14.4 Å². The molecule has 0 bridgehead atoms. The largest absolute Gasteiger partial charge is 0.481 e. The van der Waals surface area contributed by atoms with Crippen molar-refractivity contribution >= 4 is 17.9 Å². The number of rotatable bonds is 7. The Kier molecular flexibility index (Phi) is 7.31. The molecule has 7 nitrogen and oxygen atoms in total. The van der Waals surface area contributed by atoms with Gasteiger partial charge in [-0.05, 0) is 31.6 Å². The number of nitrogens with two attached hydrogens (primary N) is 1. The van der Waals surface area contributed by atoms with E-state index in [1.807, 2.05) is 0 Å². The van der Waals surface area contributed by atoms with E-state index in [2.05, 4.69) is 0 Å². The molecule has 0 aliphatic heterocycles. The molecule has 0 radical (unpaired) electrons. The van der Waals surface area contributed by atoms with Crippen LogP contribution in [0.1, 0.15) is 52.4 Å². The molecule has 3 N–H and O–H groups in total. The summed E-state index contributed by atoms with van der Waals surface area (Å²) in [4.78, 5) is 34.2. The molecular formula is C15H25NO6. The summed E-state index contributed by atoms with van der Waals surface area (Å²) >= 11 is 0. The number of carbonyl (C=O) groups excluding carboxylic acids is 2. The lowest BCUT2D eigenvalue weighted by molar-refractivity contribution is -0.190. The highest BCUT2D eigenvalue weighted by Crippen LogP contribution is 2.31. The molecule has 1 saturated carbocycles. The number of carboxylic acids is 1. The van der Waals surface area contributed by atoms with Gasteiger partial charge in [0, 0.05) is 12.8 Å². The summed E-state index contributed by atoms with van der Waals surface area (Å²) in [6.45, 7) is 3.40. The van der Waals surface area contributed by atoms with E-state index in [-0.39, 0.29) is 18.3 Å². The van der Waals surface area contributed by atoms with Gasteiger partial charge in [0.2, 0.25) is 6.29 Å². The molecular weight excluding hydrogens is 290 g/mol. The molecule has 1 rings (SSSR count). The number of hydrogen-bond donors (Lipinski definition) is 2. The topological polar surface area (TPSA) is 116 Å². The van der Waals surface area contributed by atoms with E-state index in [1.165, 1.54) is 0 Å². The predicted molar refractivity (Wildman–Crippen MR) is 77.6 cm³/mol. The van der Waals surface area contributed by atoms with Gasteiger partial charge in [0.25, 0.3) is 0 Å². The third-order valence-electron chi connectivity index (χ3n) is 4.03. The van der Waals surface area contributed by atoms with Crippen LogP contribution >= 0.6 is 0 Å². The van der Waals surface area contributed by atoms with Crippen molar-refractivity contribution in [3.63, 3.8) is 0 Å². The van der Waals surface area contributed by atoms with Crippen LogP contribution in [-0.4, -0.2) is 35.3 Å². The van der Waals surface area contributed by atoms with Crippen LogP contribution in [0.25, 0.3) is 0 Å². The molecule has 0 aromatic rings. The molecule has 7 heteroatoms. The fourth-order valence-corrected chi connectivity index (χ4v) is 2.55. The van der Waals surface area contributed by atoms with Crippen LogP contribution in [-0.2, 0) is 23.9 Å². The Balaban J connectivity index is 2.47. The highest BCUT2D eigenvalue weighted by Gasteiger charge is 2.33. The minimum atomic E-state index is -0.915. The maximum Gasteiger partial charge on any atom is 0.326 e. The van der Waals surface area contributed by atoms with E-state index in [0.717, 1.165) is 0 Å². The van der Waals surface area contributed by atoms with E-state index in [4.69, 9.17) is 20.3 Å². The predicted octanol–water partition coefficient (Wildman–Crippen LogP) is 1.44. The van der Waals surface area contributed by atoms with Gasteiger partial charge in [-0.2, -0.15) is 0 Å². The zero-order chi connectivity index (χ0) is 16.7. The summed E-state index contributed by atoms with van der Waals surface area (Å²) in [5.74, 6) is -2.28. The monoisotopic (exact) mass is 315 g/mol. The fraction of sp³-hybridized carbons (Fsp3) is 0.800. The van der Waals surface area contributed by atoms with E-state index in [0.29, 0.717) is 32.1 Å². The summed E-state index contributed by atoms with van der Waals surface area (Å²) in [7, 11) is 0. The number of ether oxygens (including phenoxy) is 2. The second-order valence-electron chi connectivity index (χ2n) is 5.59. The van der Waals surface area contributed by atoms with Gasteiger partial charge in [0.1, 0.15) is 6.04 Å². The van der Waals surface area contributed by atoms with Crippen LogP contribution in [0.3, 0.4) is 0 Å². The van der Waals surface area contributed by atoms with Gasteiger partial charge >= 0.3 is 17.9 Å². The van der Waals surface area contributed by atoms with Gasteiger partial charge in [-0.15, -0.1) is 0 Å². The van der Waals surface area contributed by atoms with Gasteiger partial charge in [0.15, 0.2) is 0 Å². The number of esters is 2. The summed E-state index contributed by atoms with van der Waals surface area (Å²) in [5, 5.41) is 8.96. The van der Waals surface area contributed by atoms with E-state index >= 15 is 0 Å². The molecule has 22 heavy (non-hydrogen) atoms. The van der Waals surface area contributed by atoms with Crippen molar-refractivity contribution in [1.82, 2.24) is 0 Å². The van der Waals surface area contributed by atoms with Crippen molar-refractivity contribution in [3.05, 3.63) is 0 Å². The first kappa shape index (κ1) is 18.4. The molecule has 1 fully saturated rings. The van der Waals surface area contributed by atoms with Crippen LogP contribution in [0.5, 0.6) is 0 Å². The van der Waals surface area contributed by atoms with Gasteiger partial charge in [-0.25, -0.2) is 0 Å². The van der Waals surface area contributed by atoms with Crippen molar-refractivity contribution in [2.24, 2.45) is 17.6 Å². The third-order valence-corrected chi connectivity index (χ3v) is 4.03. The van der Waals surface area contributed by atoms with Crippen LogP contribution in [0.15, 0.2) is 0 Å². The molecule has 0 spiro atoms. The SMILES string of the molecule is CCC(=O)OC(CC)OC(=O)C(N)[C@H]1CC[C@H](C(=O)O)CC1. The number of aliphatic carboxylic acids is 1. The van der Waals surface area contributed by atoms with Crippen LogP contribution in [0, 0.1) is 11.8 Å². The van der Waals surface area contributed by atoms with Crippen molar-refractivity contribution < 1.29 is 29.0 Å². The Morgan fingerprint density at radius 2 is 1.73 bits per heavy atom. The van der Waals surface area contributed by atoms with Crippen molar-refractivity contribution in [2.45, 2.75) is 64.7 Å². The van der Waals surface area contributed by atoms with Crippen molar-refractivity contribution in [3.8, 4) is 0 Å². The molecule has 2 unspecified atom stereocenters. The Morgan fingerprint density at radius 3 is 2.18 bits per heavy atom. The normalized spacial score (nSPS) is 24.1. The van der Waals surface area contributed by atoms with Crippen LogP contribution in [0.4, 0.5) is 0 Å². The highest BCUT2D eigenvalue weighted by molar-refractivity contribution is 5.76. The number of carboxylic acid groups (broad SMARTS) is 1. The average molecular weight is 315 g/mol. The second-order valence-corrected chi connectivity index (χ2v) is 5.59. The zero-order valence-electron chi connectivity index (χ0n) is 13.1. The molecule has 2 atom stereocenters. The summed E-state index contributed by atoms with van der Waals surface area (Å²) in [6.07, 6.45) is 1.85.